The van der Waals surface area contributed by atoms with Crippen molar-refractivity contribution in [2.24, 2.45) is 11.1 Å². The second-order valence-corrected chi connectivity index (χ2v) is 6.64. The van der Waals surface area contributed by atoms with Crippen molar-refractivity contribution in [2.45, 2.75) is 19.8 Å². The molecule has 0 radical (unpaired) electrons. The second kappa shape index (κ2) is 5.77. The Hall–Kier alpha value is -1.01. The Kier molecular flexibility index (Phi) is 4.44. The number of carbonyl (C=O) groups excluding carboxylic acids is 1. The number of nitrogens with two attached hydrogens (primary N) is 1. The van der Waals surface area contributed by atoms with E-state index < -0.39 is 0 Å². The topological polar surface area (TPSA) is 46.3 Å². The number of rotatable bonds is 2. The summed E-state index contributed by atoms with van der Waals surface area (Å²) < 4.78 is 13.5. The van der Waals surface area contributed by atoms with Crippen molar-refractivity contribution < 1.29 is 9.18 Å². The van der Waals surface area contributed by atoms with Gasteiger partial charge < -0.3 is 10.6 Å². The van der Waals surface area contributed by atoms with Crippen LogP contribution in [-0.4, -0.2) is 28.9 Å². The van der Waals surface area contributed by atoms with Crippen LogP contribution in [0, 0.1) is 11.2 Å². The molecule has 0 bridgehead atoms. The lowest BCUT2D eigenvalue weighted by Crippen LogP contribution is -2.46. The van der Waals surface area contributed by atoms with Crippen LogP contribution in [-0.2, 0) is 0 Å². The first-order valence-electron chi connectivity index (χ1n) is 6.38. The predicted octanol–water partition coefficient (Wildman–Crippen LogP) is 3.12. The van der Waals surface area contributed by atoms with E-state index in [-0.39, 0.29) is 17.1 Å². The van der Waals surface area contributed by atoms with Crippen molar-refractivity contribution in [1.82, 2.24) is 4.90 Å². The molecular weight excluding hydrogens is 343 g/mol. The molecule has 2 N–H and O–H groups in total. The summed E-state index contributed by atoms with van der Waals surface area (Å²) in [5.41, 5.74) is 6.06. The lowest BCUT2D eigenvalue weighted by atomic mass is 9.80. The van der Waals surface area contributed by atoms with Gasteiger partial charge in [0, 0.05) is 24.1 Å². The number of benzene rings is 1. The zero-order valence-electron chi connectivity index (χ0n) is 11.2. The van der Waals surface area contributed by atoms with E-state index in [1.165, 1.54) is 18.2 Å². The second-order valence-electron chi connectivity index (χ2n) is 5.35. The highest BCUT2D eigenvalue weighted by Gasteiger charge is 2.34. The summed E-state index contributed by atoms with van der Waals surface area (Å²) in [7, 11) is 0. The van der Waals surface area contributed by atoms with Crippen molar-refractivity contribution in [3.8, 4) is 0 Å². The van der Waals surface area contributed by atoms with Gasteiger partial charge in [0.15, 0.2) is 0 Å². The standard InChI is InChI=1S/C14H16BrFN2OS/c1-14(13(17)20)4-6-18(7-5-14)12(19)9-2-3-11(16)10(15)8-9/h2-3,8H,4-7H2,1H3,(H2,17,20). The molecular formula is C14H16BrFN2OS. The maximum absolute atomic E-state index is 13.2. The van der Waals surface area contributed by atoms with Gasteiger partial charge in [-0.2, -0.15) is 0 Å². The quantitative estimate of drug-likeness (QED) is 0.826. The average Bonchev–Trinajstić information content (AvgIpc) is 2.42. The summed E-state index contributed by atoms with van der Waals surface area (Å²) in [4.78, 5) is 14.6. The number of piperidine rings is 1. The minimum absolute atomic E-state index is 0.0873. The number of carbonyl (C=O) groups is 1. The Balaban J connectivity index is 2.08. The van der Waals surface area contributed by atoms with Gasteiger partial charge in [0.2, 0.25) is 0 Å². The van der Waals surface area contributed by atoms with E-state index in [0.717, 1.165) is 12.8 Å². The molecule has 0 aromatic heterocycles. The molecule has 20 heavy (non-hydrogen) atoms. The summed E-state index contributed by atoms with van der Waals surface area (Å²) in [6.45, 7) is 3.26. The fourth-order valence-corrected chi connectivity index (χ4v) is 2.84. The molecule has 0 atom stereocenters. The van der Waals surface area contributed by atoms with Gasteiger partial charge in [-0.25, -0.2) is 4.39 Å². The summed E-state index contributed by atoms with van der Waals surface area (Å²) in [6.07, 6.45) is 1.52. The Morgan fingerprint density at radius 3 is 2.55 bits per heavy atom. The average molecular weight is 359 g/mol. The minimum Gasteiger partial charge on any atom is -0.393 e. The first kappa shape index (κ1) is 15.4. The molecule has 6 heteroatoms. The van der Waals surface area contributed by atoms with Crippen LogP contribution in [0.3, 0.4) is 0 Å². The zero-order chi connectivity index (χ0) is 14.9. The van der Waals surface area contributed by atoms with Gasteiger partial charge in [0.25, 0.3) is 5.91 Å². The van der Waals surface area contributed by atoms with Crippen LogP contribution in [0.15, 0.2) is 22.7 Å². The number of hydrogen-bond donors (Lipinski definition) is 1. The predicted molar refractivity (Wildman–Crippen MR) is 84.1 cm³/mol. The lowest BCUT2D eigenvalue weighted by molar-refractivity contribution is 0.0670. The summed E-state index contributed by atoms with van der Waals surface area (Å²) >= 11 is 8.18. The molecule has 1 heterocycles. The first-order valence-corrected chi connectivity index (χ1v) is 7.58. The molecule has 0 unspecified atom stereocenters. The van der Waals surface area contributed by atoms with Crippen LogP contribution < -0.4 is 5.73 Å². The van der Waals surface area contributed by atoms with Gasteiger partial charge in [0.1, 0.15) is 5.82 Å². The van der Waals surface area contributed by atoms with Crippen LogP contribution in [0.25, 0.3) is 0 Å². The summed E-state index contributed by atoms with van der Waals surface area (Å²) in [6, 6.07) is 4.31. The normalized spacial score (nSPS) is 17.9. The monoisotopic (exact) mass is 358 g/mol. The lowest BCUT2D eigenvalue weighted by Gasteiger charge is -2.38. The molecule has 0 spiro atoms. The summed E-state index contributed by atoms with van der Waals surface area (Å²) in [5, 5.41) is 0. The Morgan fingerprint density at radius 2 is 2.05 bits per heavy atom. The fraction of sp³-hybridized carbons (Fsp3) is 0.429. The van der Waals surface area contributed by atoms with Gasteiger partial charge in [0.05, 0.1) is 9.46 Å². The smallest absolute Gasteiger partial charge is 0.253 e. The van der Waals surface area contributed by atoms with Crippen molar-refractivity contribution in [3.05, 3.63) is 34.1 Å². The Morgan fingerprint density at radius 1 is 1.45 bits per heavy atom. The van der Waals surface area contributed by atoms with Gasteiger partial charge in [-0.15, -0.1) is 0 Å². The number of hydrogen-bond acceptors (Lipinski definition) is 2. The molecule has 2 rings (SSSR count). The third kappa shape index (κ3) is 3.01. The van der Waals surface area contributed by atoms with Crippen LogP contribution >= 0.6 is 28.1 Å². The van der Waals surface area contributed by atoms with E-state index in [9.17, 15) is 9.18 Å². The SMILES string of the molecule is CC1(C(N)=S)CCN(C(=O)c2ccc(F)c(Br)c2)CC1. The van der Waals surface area contributed by atoms with E-state index in [2.05, 4.69) is 15.9 Å². The maximum Gasteiger partial charge on any atom is 0.253 e. The molecule has 0 aliphatic carbocycles. The molecule has 1 amide bonds. The van der Waals surface area contributed by atoms with Crippen molar-refractivity contribution in [1.29, 1.82) is 0 Å². The molecule has 0 saturated carbocycles. The molecule has 1 aliphatic rings. The van der Waals surface area contributed by atoms with Crippen molar-refractivity contribution >= 4 is 39.0 Å². The molecule has 108 valence electrons. The van der Waals surface area contributed by atoms with Crippen molar-refractivity contribution in [3.63, 3.8) is 0 Å². The van der Waals surface area contributed by atoms with Crippen LogP contribution in [0.4, 0.5) is 4.39 Å². The van der Waals surface area contributed by atoms with Crippen LogP contribution in [0.1, 0.15) is 30.1 Å². The number of thiocarbonyl (C=S) groups is 1. The van der Waals surface area contributed by atoms with Crippen molar-refractivity contribution in [2.75, 3.05) is 13.1 Å². The summed E-state index contributed by atoms with van der Waals surface area (Å²) in [5.74, 6) is -0.461. The van der Waals surface area contributed by atoms with E-state index in [1.807, 2.05) is 6.92 Å². The maximum atomic E-state index is 13.2. The zero-order valence-corrected chi connectivity index (χ0v) is 13.6. The van der Waals surface area contributed by atoms with Crippen LogP contribution in [0.2, 0.25) is 0 Å². The molecule has 1 aliphatic heterocycles. The van der Waals surface area contributed by atoms with E-state index in [4.69, 9.17) is 18.0 Å². The number of likely N-dealkylation sites (tertiary alicyclic amines) is 1. The third-order valence-electron chi connectivity index (χ3n) is 3.92. The highest BCUT2D eigenvalue weighted by atomic mass is 79.9. The first-order chi connectivity index (χ1) is 9.33. The molecule has 1 saturated heterocycles. The highest BCUT2D eigenvalue weighted by Crippen LogP contribution is 2.32. The number of nitrogens with zero attached hydrogens (tertiary/aromatic N) is 1. The van der Waals surface area contributed by atoms with Gasteiger partial charge >= 0.3 is 0 Å². The molecule has 1 aromatic rings. The third-order valence-corrected chi connectivity index (χ3v) is 5.02. The van der Waals surface area contributed by atoms with E-state index in [1.54, 1.807) is 4.90 Å². The van der Waals surface area contributed by atoms with E-state index in [0.29, 0.717) is 28.1 Å². The van der Waals surface area contributed by atoms with Gasteiger partial charge in [-0.3, -0.25) is 4.79 Å². The van der Waals surface area contributed by atoms with Gasteiger partial charge in [-0.05, 0) is 47.0 Å². The number of amides is 1. The van der Waals surface area contributed by atoms with E-state index >= 15 is 0 Å². The molecule has 1 fully saturated rings. The number of halogens is 2. The Labute approximate surface area is 131 Å². The van der Waals surface area contributed by atoms with Crippen LogP contribution in [0.5, 0.6) is 0 Å². The highest BCUT2D eigenvalue weighted by molar-refractivity contribution is 9.10. The largest absolute Gasteiger partial charge is 0.393 e. The Bertz CT molecular complexity index is 556. The van der Waals surface area contributed by atoms with Gasteiger partial charge in [-0.1, -0.05) is 19.1 Å². The fourth-order valence-electron chi connectivity index (χ4n) is 2.26. The molecule has 3 nitrogen and oxygen atoms in total. The molecule has 1 aromatic carbocycles. The minimum atomic E-state index is -0.374.